The molecule has 1 N–H and O–H groups in total. The number of furan rings is 1. The van der Waals surface area contributed by atoms with Crippen LogP contribution in [0.3, 0.4) is 0 Å². The summed E-state index contributed by atoms with van der Waals surface area (Å²) in [5, 5.41) is 3.10. The molecule has 114 valence electrons. The molecule has 0 fully saturated rings. The van der Waals surface area contributed by atoms with E-state index in [9.17, 15) is 13.2 Å². The molecule has 1 aromatic carbocycles. The summed E-state index contributed by atoms with van der Waals surface area (Å²) in [5.41, 5.74) is 0.0411. The minimum absolute atomic E-state index is 0.0411. The van der Waals surface area contributed by atoms with Crippen LogP contribution in [0.2, 0.25) is 0 Å². The topological polar surface area (TPSA) is 25.2 Å². The Bertz CT molecular complexity index is 610. The maximum atomic E-state index is 14.0. The lowest BCUT2D eigenvalue weighted by Crippen LogP contribution is -2.24. The quantitative estimate of drug-likeness (QED) is 0.802. The van der Waals surface area contributed by atoms with Gasteiger partial charge in [-0.25, -0.2) is 13.2 Å². The standard InChI is InChI=1S/C16H18F3NO/c1-3-7-20-16(15-6-5-10(4-2)21-15)11-8-13(18)14(19)9-12(11)17/h5-6,8-9,16,20H,3-4,7H2,1-2H3. The van der Waals surface area contributed by atoms with E-state index in [2.05, 4.69) is 5.32 Å². The minimum atomic E-state index is -1.20. The highest BCUT2D eigenvalue weighted by Crippen LogP contribution is 2.28. The van der Waals surface area contributed by atoms with Crippen molar-refractivity contribution in [1.82, 2.24) is 5.32 Å². The molecule has 0 saturated carbocycles. The third kappa shape index (κ3) is 3.47. The first-order chi connectivity index (χ1) is 10.1. The Morgan fingerprint density at radius 3 is 2.38 bits per heavy atom. The van der Waals surface area contributed by atoms with Gasteiger partial charge in [0.05, 0.1) is 6.04 Å². The van der Waals surface area contributed by atoms with Crippen molar-refractivity contribution in [3.63, 3.8) is 0 Å². The van der Waals surface area contributed by atoms with Crippen LogP contribution in [0.25, 0.3) is 0 Å². The summed E-state index contributed by atoms with van der Waals surface area (Å²) < 4.78 is 46.1. The summed E-state index contributed by atoms with van der Waals surface area (Å²) in [6.45, 7) is 4.51. The van der Waals surface area contributed by atoms with Crippen molar-refractivity contribution in [2.75, 3.05) is 6.54 Å². The number of hydrogen-bond acceptors (Lipinski definition) is 2. The third-order valence-electron chi connectivity index (χ3n) is 3.26. The molecule has 0 bridgehead atoms. The molecule has 0 radical (unpaired) electrons. The number of rotatable bonds is 6. The largest absolute Gasteiger partial charge is 0.464 e. The highest BCUT2D eigenvalue weighted by molar-refractivity contribution is 5.30. The molecule has 0 spiro atoms. The zero-order chi connectivity index (χ0) is 15.4. The average molecular weight is 297 g/mol. The van der Waals surface area contributed by atoms with Crippen LogP contribution >= 0.6 is 0 Å². The first-order valence-corrected chi connectivity index (χ1v) is 7.03. The van der Waals surface area contributed by atoms with Gasteiger partial charge in [-0.1, -0.05) is 13.8 Å². The number of hydrogen-bond donors (Lipinski definition) is 1. The highest BCUT2D eigenvalue weighted by atomic mass is 19.2. The maximum absolute atomic E-state index is 14.0. The molecule has 0 aliphatic heterocycles. The van der Waals surface area contributed by atoms with Crippen LogP contribution in [-0.4, -0.2) is 6.54 Å². The molecule has 1 heterocycles. The van der Waals surface area contributed by atoms with Gasteiger partial charge in [0.2, 0.25) is 0 Å². The molecule has 21 heavy (non-hydrogen) atoms. The zero-order valence-corrected chi connectivity index (χ0v) is 12.1. The predicted molar refractivity (Wildman–Crippen MR) is 74.5 cm³/mol. The summed E-state index contributed by atoms with van der Waals surface area (Å²) >= 11 is 0. The van der Waals surface area contributed by atoms with Gasteiger partial charge in [-0.15, -0.1) is 0 Å². The summed E-state index contributed by atoms with van der Waals surface area (Å²) in [6.07, 6.45) is 1.53. The first-order valence-electron chi connectivity index (χ1n) is 7.03. The molecule has 5 heteroatoms. The summed E-state index contributed by atoms with van der Waals surface area (Å²) in [7, 11) is 0. The van der Waals surface area contributed by atoms with Gasteiger partial charge in [0.1, 0.15) is 17.3 Å². The normalized spacial score (nSPS) is 12.6. The second kappa shape index (κ2) is 6.80. The fourth-order valence-electron chi connectivity index (χ4n) is 2.15. The number of aryl methyl sites for hydroxylation is 1. The van der Waals surface area contributed by atoms with Crippen LogP contribution in [0.4, 0.5) is 13.2 Å². The SMILES string of the molecule is CCCNC(c1ccc(CC)o1)c1cc(F)c(F)cc1F. The molecule has 2 nitrogen and oxygen atoms in total. The van der Waals surface area contributed by atoms with E-state index >= 15 is 0 Å². The molecule has 2 aromatic rings. The second-order valence-corrected chi connectivity index (χ2v) is 4.83. The van der Waals surface area contributed by atoms with Crippen molar-refractivity contribution in [3.05, 3.63) is 58.8 Å². The smallest absolute Gasteiger partial charge is 0.161 e. The van der Waals surface area contributed by atoms with E-state index in [0.717, 1.165) is 18.2 Å². The van der Waals surface area contributed by atoms with Crippen molar-refractivity contribution in [3.8, 4) is 0 Å². The Labute approximate surface area is 122 Å². The van der Waals surface area contributed by atoms with Crippen LogP contribution < -0.4 is 5.32 Å². The van der Waals surface area contributed by atoms with Gasteiger partial charge < -0.3 is 9.73 Å². The molecule has 2 rings (SSSR count). The third-order valence-corrected chi connectivity index (χ3v) is 3.26. The molecular weight excluding hydrogens is 279 g/mol. The van der Waals surface area contributed by atoms with Crippen LogP contribution in [0.1, 0.15) is 43.4 Å². The first kappa shape index (κ1) is 15.6. The van der Waals surface area contributed by atoms with Gasteiger partial charge in [0, 0.05) is 18.1 Å². The van der Waals surface area contributed by atoms with Gasteiger partial charge in [0.15, 0.2) is 11.6 Å². The Hall–Kier alpha value is -1.75. The molecular formula is C16H18F3NO. The van der Waals surface area contributed by atoms with E-state index in [4.69, 9.17) is 4.42 Å². The molecule has 0 aliphatic carbocycles. The van der Waals surface area contributed by atoms with E-state index in [0.29, 0.717) is 24.8 Å². The molecule has 1 aromatic heterocycles. The highest BCUT2D eigenvalue weighted by Gasteiger charge is 2.22. The van der Waals surface area contributed by atoms with E-state index in [1.165, 1.54) is 0 Å². The number of halogens is 3. The van der Waals surface area contributed by atoms with Crippen LogP contribution in [-0.2, 0) is 6.42 Å². The Morgan fingerprint density at radius 1 is 1.05 bits per heavy atom. The number of nitrogens with one attached hydrogen (secondary N) is 1. The van der Waals surface area contributed by atoms with Crippen molar-refractivity contribution in [1.29, 1.82) is 0 Å². The minimum Gasteiger partial charge on any atom is -0.464 e. The summed E-state index contributed by atoms with van der Waals surface area (Å²) in [6, 6.07) is 4.34. The van der Waals surface area contributed by atoms with Crippen molar-refractivity contribution in [2.45, 2.75) is 32.7 Å². The molecule has 1 unspecified atom stereocenters. The van der Waals surface area contributed by atoms with Crippen LogP contribution in [0.5, 0.6) is 0 Å². The Morgan fingerprint density at radius 2 is 1.76 bits per heavy atom. The van der Waals surface area contributed by atoms with E-state index < -0.39 is 23.5 Å². The van der Waals surface area contributed by atoms with Gasteiger partial charge in [-0.05, 0) is 31.2 Å². The van der Waals surface area contributed by atoms with Gasteiger partial charge in [0.25, 0.3) is 0 Å². The molecule has 1 atom stereocenters. The van der Waals surface area contributed by atoms with Crippen molar-refractivity contribution < 1.29 is 17.6 Å². The average Bonchev–Trinajstić information content (AvgIpc) is 2.93. The van der Waals surface area contributed by atoms with Crippen LogP contribution in [0, 0.1) is 17.5 Å². The lowest BCUT2D eigenvalue weighted by atomic mass is 10.0. The van der Waals surface area contributed by atoms with Gasteiger partial charge >= 0.3 is 0 Å². The Balaban J connectivity index is 2.42. The molecule has 0 saturated heterocycles. The summed E-state index contributed by atoms with van der Waals surface area (Å²) in [5.74, 6) is -1.81. The lowest BCUT2D eigenvalue weighted by Gasteiger charge is -2.18. The lowest BCUT2D eigenvalue weighted by molar-refractivity contribution is 0.410. The van der Waals surface area contributed by atoms with E-state index in [-0.39, 0.29) is 5.56 Å². The monoisotopic (exact) mass is 297 g/mol. The van der Waals surface area contributed by atoms with E-state index in [1.54, 1.807) is 12.1 Å². The van der Waals surface area contributed by atoms with Crippen LogP contribution in [0.15, 0.2) is 28.7 Å². The second-order valence-electron chi connectivity index (χ2n) is 4.83. The van der Waals surface area contributed by atoms with Gasteiger partial charge in [-0.2, -0.15) is 0 Å². The Kier molecular flexibility index (Phi) is 5.07. The fraction of sp³-hybridized carbons (Fsp3) is 0.375. The summed E-state index contributed by atoms with van der Waals surface area (Å²) in [4.78, 5) is 0. The van der Waals surface area contributed by atoms with E-state index in [1.807, 2.05) is 13.8 Å². The van der Waals surface area contributed by atoms with Crippen molar-refractivity contribution in [2.24, 2.45) is 0 Å². The van der Waals surface area contributed by atoms with Gasteiger partial charge in [-0.3, -0.25) is 0 Å². The predicted octanol–water partition coefficient (Wildman–Crippen LogP) is 4.35. The number of benzene rings is 1. The fourth-order valence-corrected chi connectivity index (χ4v) is 2.15. The molecule has 0 aliphatic rings. The van der Waals surface area contributed by atoms with Crippen molar-refractivity contribution >= 4 is 0 Å². The zero-order valence-electron chi connectivity index (χ0n) is 12.1. The maximum Gasteiger partial charge on any atom is 0.161 e. The molecule has 0 amide bonds.